The molecule has 0 spiro atoms. The molecule has 1 N–H and O–H groups in total. The van der Waals surface area contributed by atoms with Crippen molar-refractivity contribution < 1.29 is 9.90 Å². The fraction of sp³-hybridized carbons (Fsp3) is 0.0625. The molecule has 0 aromatic heterocycles. The number of carboxylic acids is 1. The second kappa shape index (κ2) is 4.88. The number of hydrogen-bond acceptors (Lipinski definition) is 1. The molecule has 0 aliphatic heterocycles. The van der Waals surface area contributed by atoms with Crippen LogP contribution in [0.15, 0.2) is 55.1 Å². The standard InChI is InChI=1S/C16H14O2/c1-11(2)13-8-9-14(15(10-13)16(17)18)12-6-4-3-5-7-12/h3-10H,1H2,2H3,(H,17,18). The highest BCUT2D eigenvalue weighted by atomic mass is 16.4. The molecule has 0 saturated heterocycles. The molecule has 2 heteroatoms. The predicted octanol–water partition coefficient (Wildman–Crippen LogP) is 4.08. The average molecular weight is 238 g/mol. The van der Waals surface area contributed by atoms with Crippen molar-refractivity contribution in [3.05, 3.63) is 66.2 Å². The average Bonchev–Trinajstić information content (AvgIpc) is 2.39. The lowest BCUT2D eigenvalue weighted by atomic mass is 9.96. The number of rotatable bonds is 3. The lowest BCUT2D eigenvalue weighted by Gasteiger charge is -2.09. The number of carboxylic acid groups (broad SMARTS) is 1. The molecule has 2 nitrogen and oxygen atoms in total. The summed E-state index contributed by atoms with van der Waals surface area (Å²) in [6.07, 6.45) is 0. The van der Waals surface area contributed by atoms with Crippen LogP contribution < -0.4 is 0 Å². The van der Waals surface area contributed by atoms with Crippen molar-refractivity contribution in [1.82, 2.24) is 0 Å². The molecule has 0 amide bonds. The van der Waals surface area contributed by atoms with Gasteiger partial charge in [0.1, 0.15) is 0 Å². The van der Waals surface area contributed by atoms with Crippen molar-refractivity contribution in [2.75, 3.05) is 0 Å². The van der Waals surface area contributed by atoms with Gasteiger partial charge in [-0.1, -0.05) is 54.6 Å². The van der Waals surface area contributed by atoms with Gasteiger partial charge in [-0.2, -0.15) is 0 Å². The molecule has 0 aliphatic carbocycles. The van der Waals surface area contributed by atoms with Crippen LogP contribution in [0.1, 0.15) is 22.8 Å². The van der Waals surface area contributed by atoms with Crippen molar-refractivity contribution in [2.24, 2.45) is 0 Å². The van der Waals surface area contributed by atoms with E-state index in [1.54, 1.807) is 6.07 Å². The normalized spacial score (nSPS) is 10.1. The molecule has 0 saturated carbocycles. The van der Waals surface area contributed by atoms with Gasteiger partial charge in [0.15, 0.2) is 0 Å². The summed E-state index contributed by atoms with van der Waals surface area (Å²) < 4.78 is 0. The van der Waals surface area contributed by atoms with Crippen molar-refractivity contribution in [3.8, 4) is 11.1 Å². The zero-order valence-corrected chi connectivity index (χ0v) is 10.2. The van der Waals surface area contributed by atoms with Gasteiger partial charge >= 0.3 is 5.97 Å². The van der Waals surface area contributed by atoms with Gasteiger partial charge in [0.25, 0.3) is 0 Å². The van der Waals surface area contributed by atoms with E-state index in [4.69, 9.17) is 0 Å². The summed E-state index contributed by atoms with van der Waals surface area (Å²) >= 11 is 0. The van der Waals surface area contributed by atoms with Crippen molar-refractivity contribution in [2.45, 2.75) is 6.92 Å². The van der Waals surface area contributed by atoms with Crippen LogP contribution in [0, 0.1) is 0 Å². The zero-order valence-electron chi connectivity index (χ0n) is 10.2. The second-order valence-electron chi connectivity index (χ2n) is 4.21. The van der Waals surface area contributed by atoms with E-state index in [2.05, 4.69) is 6.58 Å². The van der Waals surface area contributed by atoms with Crippen LogP contribution in [-0.4, -0.2) is 11.1 Å². The van der Waals surface area contributed by atoms with Crippen LogP contribution in [0.2, 0.25) is 0 Å². The number of aromatic carboxylic acids is 1. The first kappa shape index (κ1) is 12.1. The molecular weight excluding hydrogens is 224 g/mol. The summed E-state index contributed by atoms with van der Waals surface area (Å²) in [5.74, 6) is -0.919. The highest BCUT2D eigenvalue weighted by Crippen LogP contribution is 2.26. The van der Waals surface area contributed by atoms with Crippen LogP contribution in [0.3, 0.4) is 0 Å². The third-order valence-corrected chi connectivity index (χ3v) is 2.83. The van der Waals surface area contributed by atoms with Crippen molar-refractivity contribution in [3.63, 3.8) is 0 Å². The van der Waals surface area contributed by atoms with E-state index < -0.39 is 5.97 Å². The van der Waals surface area contributed by atoms with Gasteiger partial charge in [-0.05, 0) is 29.7 Å². The third-order valence-electron chi connectivity index (χ3n) is 2.83. The van der Waals surface area contributed by atoms with E-state index in [9.17, 15) is 9.90 Å². The van der Waals surface area contributed by atoms with E-state index in [1.807, 2.05) is 49.4 Å². The van der Waals surface area contributed by atoms with Gasteiger partial charge < -0.3 is 5.11 Å². The Morgan fingerprint density at radius 1 is 1.11 bits per heavy atom. The SMILES string of the molecule is C=C(C)c1ccc(-c2ccccc2)c(C(=O)O)c1. The minimum Gasteiger partial charge on any atom is -0.478 e. The van der Waals surface area contributed by atoms with Gasteiger partial charge in [0.05, 0.1) is 5.56 Å². The first-order valence-electron chi connectivity index (χ1n) is 5.68. The summed E-state index contributed by atoms with van der Waals surface area (Å²) in [6, 6.07) is 14.9. The number of allylic oxidation sites excluding steroid dienone is 1. The molecule has 0 atom stereocenters. The number of hydrogen-bond donors (Lipinski definition) is 1. The maximum atomic E-state index is 11.3. The van der Waals surface area contributed by atoms with Crippen molar-refractivity contribution in [1.29, 1.82) is 0 Å². The van der Waals surface area contributed by atoms with Crippen LogP contribution in [0.25, 0.3) is 16.7 Å². The molecule has 0 heterocycles. The monoisotopic (exact) mass is 238 g/mol. The first-order valence-corrected chi connectivity index (χ1v) is 5.68. The first-order chi connectivity index (χ1) is 8.59. The van der Waals surface area contributed by atoms with E-state index in [0.29, 0.717) is 5.56 Å². The molecule has 2 rings (SSSR count). The highest BCUT2D eigenvalue weighted by Gasteiger charge is 2.12. The Labute approximate surface area is 106 Å². The van der Waals surface area contributed by atoms with Gasteiger partial charge in [-0.25, -0.2) is 4.79 Å². The molecule has 0 unspecified atom stereocenters. The van der Waals surface area contributed by atoms with Gasteiger partial charge in [-0.15, -0.1) is 0 Å². The largest absolute Gasteiger partial charge is 0.478 e. The molecule has 0 bridgehead atoms. The van der Waals surface area contributed by atoms with Gasteiger partial charge in [0, 0.05) is 0 Å². The maximum absolute atomic E-state index is 11.3. The summed E-state index contributed by atoms with van der Waals surface area (Å²) in [7, 11) is 0. The summed E-state index contributed by atoms with van der Waals surface area (Å²) in [6.45, 7) is 5.70. The smallest absolute Gasteiger partial charge is 0.336 e. The molecule has 2 aromatic rings. The van der Waals surface area contributed by atoms with Crippen LogP contribution in [0.5, 0.6) is 0 Å². The van der Waals surface area contributed by atoms with E-state index in [1.165, 1.54) is 0 Å². The van der Waals surface area contributed by atoms with Crippen molar-refractivity contribution >= 4 is 11.5 Å². The topological polar surface area (TPSA) is 37.3 Å². The number of benzene rings is 2. The van der Waals surface area contributed by atoms with E-state index in [0.717, 1.165) is 22.3 Å². The molecule has 90 valence electrons. The predicted molar refractivity (Wildman–Crippen MR) is 73.5 cm³/mol. The Kier molecular flexibility index (Phi) is 3.28. The zero-order chi connectivity index (χ0) is 13.1. The molecule has 0 aliphatic rings. The molecular formula is C16H14O2. The quantitative estimate of drug-likeness (QED) is 0.874. The fourth-order valence-electron chi connectivity index (χ4n) is 1.86. The maximum Gasteiger partial charge on any atom is 0.336 e. The minimum atomic E-state index is -0.919. The Morgan fingerprint density at radius 2 is 1.78 bits per heavy atom. The molecule has 18 heavy (non-hydrogen) atoms. The van der Waals surface area contributed by atoms with Crippen LogP contribution in [0.4, 0.5) is 0 Å². The Hall–Kier alpha value is -2.35. The van der Waals surface area contributed by atoms with Crippen LogP contribution >= 0.6 is 0 Å². The summed E-state index contributed by atoms with van der Waals surface area (Å²) in [5, 5.41) is 9.30. The van der Waals surface area contributed by atoms with Gasteiger partial charge in [0.2, 0.25) is 0 Å². The Balaban J connectivity index is 2.61. The molecule has 0 radical (unpaired) electrons. The van der Waals surface area contributed by atoms with E-state index >= 15 is 0 Å². The summed E-state index contributed by atoms with van der Waals surface area (Å²) in [4.78, 5) is 11.3. The minimum absolute atomic E-state index is 0.307. The second-order valence-corrected chi connectivity index (χ2v) is 4.21. The molecule has 0 fully saturated rings. The summed E-state index contributed by atoms with van der Waals surface area (Å²) in [5.41, 5.74) is 3.65. The Bertz CT molecular complexity index is 598. The Morgan fingerprint density at radius 3 is 2.33 bits per heavy atom. The lowest BCUT2D eigenvalue weighted by molar-refractivity contribution is 0.0697. The third kappa shape index (κ3) is 2.33. The lowest BCUT2D eigenvalue weighted by Crippen LogP contribution is -2.00. The fourth-order valence-corrected chi connectivity index (χ4v) is 1.86. The highest BCUT2D eigenvalue weighted by molar-refractivity contribution is 5.97. The van der Waals surface area contributed by atoms with Gasteiger partial charge in [-0.3, -0.25) is 0 Å². The number of carbonyl (C=O) groups is 1. The van der Waals surface area contributed by atoms with Crippen LogP contribution in [-0.2, 0) is 0 Å². The van der Waals surface area contributed by atoms with E-state index in [-0.39, 0.29) is 0 Å². The molecule has 2 aromatic carbocycles.